The molecule has 6 heteroatoms. The summed E-state index contributed by atoms with van der Waals surface area (Å²) in [7, 11) is 0. The van der Waals surface area contributed by atoms with Gasteiger partial charge in [-0.2, -0.15) is 0 Å². The molecule has 0 saturated carbocycles. The Kier molecular flexibility index (Phi) is 3.31. The van der Waals surface area contributed by atoms with Crippen molar-refractivity contribution in [3.63, 3.8) is 0 Å². The first-order valence-electron chi connectivity index (χ1n) is 8.17. The van der Waals surface area contributed by atoms with Crippen molar-refractivity contribution >= 4 is 32.5 Å². The molecule has 0 spiro atoms. The van der Waals surface area contributed by atoms with Crippen molar-refractivity contribution in [2.24, 2.45) is 0 Å². The average Bonchev–Trinajstić information content (AvgIpc) is 3.26. The van der Waals surface area contributed by atoms with Crippen LogP contribution in [0.4, 0.5) is 0 Å². The number of rotatable bonds is 3. The van der Waals surface area contributed by atoms with Gasteiger partial charge >= 0.3 is 5.63 Å². The summed E-state index contributed by atoms with van der Waals surface area (Å²) < 4.78 is 11.3. The van der Waals surface area contributed by atoms with E-state index in [0.717, 1.165) is 40.4 Å². The van der Waals surface area contributed by atoms with Crippen molar-refractivity contribution in [2.75, 3.05) is 0 Å². The van der Waals surface area contributed by atoms with Gasteiger partial charge < -0.3 is 9.15 Å². The minimum atomic E-state index is -0.354. The third kappa shape index (κ3) is 2.49. The molecule has 0 N–H and O–H groups in total. The number of hydrogen-bond donors (Lipinski definition) is 0. The molecule has 0 aliphatic heterocycles. The van der Waals surface area contributed by atoms with Gasteiger partial charge in [-0.05, 0) is 54.0 Å². The molecule has 4 aromatic rings. The number of nitrogens with zero attached hydrogens (tertiary/aromatic N) is 2. The molecule has 0 bridgehead atoms. The quantitative estimate of drug-likeness (QED) is 0.525. The van der Waals surface area contributed by atoms with Crippen LogP contribution in [0.25, 0.3) is 21.2 Å². The summed E-state index contributed by atoms with van der Waals surface area (Å²) in [6.07, 6.45) is 4.77. The highest BCUT2D eigenvalue weighted by Crippen LogP contribution is 2.30. The van der Waals surface area contributed by atoms with E-state index in [0.29, 0.717) is 11.5 Å². The summed E-state index contributed by atoms with van der Waals surface area (Å²) in [4.78, 5) is 21.3. The molecule has 5 nitrogen and oxygen atoms in total. The largest absolute Gasteiger partial charge is 0.472 e. The highest BCUT2D eigenvalue weighted by Gasteiger charge is 2.16. The van der Waals surface area contributed by atoms with E-state index in [1.807, 2.05) is 17.5 Å². The third-order valence-corrected chi connectivity index (χ3v) is 5.45. The molecular formula is C19H14N2O3S. The van der Waals surface area contributed by atoms with E-state index in [4.69, 9.17) is 9.15 Å². The lowest BCUT2D eigenvalue weighted by Gasteiger charge is -2.09. The predicted octanol–water partition coefficient (Wildman–Crippen LogP) is 3.87. The van der Waals surface area contributed by atoms with Gasteiger partial charge in [0.1, 0.15) is 23.3 Å². The van der Waals surface area contributed by atoms with Crippen LogP contribution < -0.4 is 10.4 Å². The van der Waals surface area contributed by atoms with Crippen LogP contribution in [-0.4, -0.2) is 9.97 Å². The van der Waals surface area contributed by atoms with E-state index in [1.165, 1.54) is 23.5 Å². The zero-order chi connectivity index (χ0) is 16.8. The summed E-state index contributed by atoms with van der Waals surface area (Å²) in [5, 5.41) is 3.79. The van der Waals surface area contributed by atoms with Crippen LogP contribution >= 0.6 is 11.3 Å². The van der Waals surface area contributed by atoms with Crippen molar-refractivity contribution in [3.8, 4) is 5.88 Å². The minimum Gasteiger partial charge on any atom is -0.472 e. The Labute approximate surface area is 146 Å². The van der Waals surface area contributed by atoms with Gasteiger partial charge in [-0.15, -0.1) is 11.3 Å². The number of benzene rings is 1. The van der Waals surface area contributed by atoms with Gasteiger partial charge in [0.15, 0.2) is 0 Å². The van der Waals surface area contributed by atoms with E-state index in [2.05, 4.69) is 16.0 Å². The van der Waals surface area contributed by atoms with E-state index < -0.39 is 0 Å². The number of thiophene rings is 1. The number of aryl methyl sites for hydroxylation is 2. The molecule has 0 saturated heterocycles. The van der Waals surface area contributed by atoms with E-state index in [1.54, 1.807) is 11.3 Å². The van der Waals surface area contributed by atoms with Gasteiger partial charge in [0.2, 0.25) is 5.88 Å². The second-order valence-electron chi connectivity index (χ2n) is 6.17. The number of ether oxygens (including phenoxy) is 1. The van der Waals surface area contributed by atoms with Crippen molar-refractivity contribution in [1.29, 1.82) is 0 Å². The number of fused-ring (bicyclic) bond motifs is 3. The Balaban J connectivity index is 1.56. The molecule has 0 amide bonds. The first kappa shape index (κ1) is 14.6. The molecule has 3 heterocycles. The molecule has 1 aromatic carbocycles. The molecule has 0 atom stereocenters. The van der Waals surface area contributed by atoms with Crippen LogP contribution in [0.15, 0.2) is 45.2 Å². The van der Waals surface area contributed by atoms with Crippen LogP contribution in [0.3, 0.4) is 0 Å². The number of aromatic nitrogens is 2. The molecular weight excluding hydrogens is 336 g/mol. The van der Waals surface area contributed by atoms with E-state index >= 15 is 0 Å². The van der Waals surface area contributed by atoms with Crippen LogP contribution in [-0.2, 0) is 19.4 Å². The fraction of sp³-hybridized carbons (Fsp3) is 0.211. The molecule has 0 unspecified atom stereocenters. The molecule has 124 valence electrons. The van der Waals surface area contributed by atoms with Crippen molar-refractivity contribution in [1.82, 2.24) is 9.97 Å². The Morgan fingerprint density at radius 3 is 2.92 bits per heavy atom. The Bertz CT molecular complexity index is 1160. The molecule has 0 radical (unpaired) electrons. The number of hydrogen-bond acceptors (Lipinski definition) is 6. The van der Waals surface area contributed by atoms with Gasteiger partial charge in [0.05, 0.1) is 5.39 Å². The Morgan fingerprint density at radius 2 is 2.00 bits per heavy atom. The standard InChI is InChI=1S/C19H14N2O3S/c22-17-8-13(9-23-18-14-4-5-25-19(14)21-10-20-18)15-6-11-2-1-3-12(11)7-16(15)24-17/h4-8,10H,1-3,9H2. The van der Waals surface area contributed by atoms with Crippen molar-refractivity contribution < 1.29 is 9.15 Å². The van der Waals surface area contributed by atoms with Gasteiger partial charge in [-0.1, -0.05) is 0 Å². The fourth-order valence-corrected chi connectivity index (χ4v) is 4.17. The third-order valence-electron chi connectivity index (χ3n) is 4.63. The Hall–Kier alpha value is -2.73. The first-order valence-corrected chi connectivity index (χ1v) is 9.05. The van der Waals surface area contributed by atoms with Crippen LogP contribution in [0.2, 0.25) is 0 Å². The highest BCUT2D eigenvalue weighted by atomic mass is 32.1. The van der Waals surface area contributed by atoms with Gasteiger partial charge in [0, 0.05) is 17.0 Å². The minimum absolute atomic E-state index is 0.267. The topological polar surface area (TPSA) is 65.2 Å². The maximum Gasteiger partial charge on any atom is 0.336 e. The van der Waals surface area contributed by atoms with E-state index in [9.17, 15) is 4.79 Å². The van der Waals surface area contributed by atoms with Crippen LogP contribution in [0.5, 0.6) is 5.88 Å². The molecule has 3 aromatic heterocycles. The molecule has 1 aliphatic carbocycles. The second kappa shape index (κ2) is 5.67. The van der Waals surface area contributed by atoms with Crippen molar-refractivity contribution in [3.05, 3.63) is 63.1 Å². The normalized spacial score (nSPS) is 13.4. The predicted molar refractivity (Wildman–Crippen MR) is 96.3 cm³/mol. The fourth-order valence-electron chi connectivity index (χ4n) is 3.44. The first-order chi connectivity index (χ1) is 12.3. The maximum absolute atomic E-state index is 11.9. The zero-order valence-corrected chi connectivity index (χ0v) is 14.1. The lowest BCUT2D eigenvalue weighted by atomic mass is 10.0. The lowest BCUT2D eigenvalue weighted by Crippen LogP contribution is -2.05. The molecule has 0 fully saturated rings. The molecule has 25 heavy (non-hydrogen) atoms. The summed E-state index contributed by atoms with van der Waals surface area (Å²) in [5.74, 6) is 0.536. The zero-order valence-electron chi connectivity index (χ0n) is 13.3. The smallest absolute Gasteiger partial charge is 0.336 e. The second-order valence-corrected chi connectivity index (χ2v) is 7.06. The monoisotopic (exact) mass is 350 g/mol. The average molecular weight is 350 g/mol. The Morgan fingerprint density at radius 1 is 1.12 bits per heavy atom. The summed E-state index contributed by atoms with van der Waals surface area (Å²) in [5.41, 5.74) is 3.72. The van der Waals surface area contributed by atoms with Crippen LogP contribution in [0.1, 0.15) is 23.1 Å². The molecule has 5 rings (SSSR count). The van der Waals surface area contributed by atoms with E-state index in [-0.39, 0.29) is 12.2 Å². The summed E-state index contributed by atoms with van der Waals surface area (Å²) >= 11 is 1.55. The van der Waals surface area contributed by atoms with Crippen LogP contribution in [0, 0.1) is 0 Å². The maximum atomic E-state index is 11.9. The summed E-state index contributed by atoms with van der Waals surface area (Å²) in [6.45, 7) is 0.267. The van der Waals surface area contributed by atoms with Gasteiger partial charge in [-0.25, -0.2) is 14.8 Å². The van der Waals surface area contributed by atoms with Gasteiger partial charge in [0.25, 0.3) is 0 Å². The SMILES string of the molecule is O=c1cc(COc2ncnc3sccc23)c2cc3c(cc2o1)CCC3. The van der Waals surface area contributed by atoms with Gasteiger partial charge in [-0.3, -0.25) is 0 Å². The molecule has 1 aliphatic rings. The lowest BCUT2D eigenvalue weighted by molar-refractivity contribution is 0.298. The summed E-state index contributed by atoms with van der Waals surface area (Å²) in [6, 6.07) is 7.60. The van der Waals surface area contributed by atoms with Crippen molar-refractivity contribution in [2.45, 2.75) is 25.9 Å². The highest BCUT2D eigenvalue weighted by molar-refractivity contribution is 7.16.